The Hall–Kier alpha value is -7.22. The Balaban J connectivity index is 0.000000565. The van der Waals surface area contributed by atoms with E-state index in [0.29, 0.717) is 0 Å². The van der Waals surface area contributed by atoms with E-state index in [2.05, 4.69) is 220 Å². The summed E-state index contributed by atoms with van der Waals surface area (Å²) in [4.78, 5) is 0. The number of aryl methyl sites for hydroxylation is 3. The van der Waals surface area contributed by atoms with E-state index in [1.165, 1.54) is 93.5 Å². The van der Waals surface area contributed by atoms with Crippen molar-refractivity contribution in [3.63, 3.8) is 0 Å². The van der Waals surface area contributed by atoms with Crippen molar-refractivity contribution in [1.82, 2.24) is 0 Å². The van der Waals surface area contributed by atoms with Gasteiger partial charge in [0.25, 0.3) is 0 Å². The molecule has 0 aliphatic heterocycles. The molecule has 10 rings (SSSR count). The number of anilines is 2. The number of fused-ring (bicyclic) bond motifs is 6. The molecule has 0 saturated carbocycles. The molecule has 0 aromatic heterocycles. The van der Waals surface area contributed by atoms with Gasteiger partial charge in [-0.15, -0.1) is 0 Å². The summed E-state index contributed by atoms with van der Waals surface area (Å²) >= 11 is 0. The van der Waals surface area contributed by atoms with Crippen molar-refractivity contribution < 1.29 is 0 Å². The summed E-state index contributed by atoms with van der Waals surface area (Å²) in [6.07, 6.45) is 0. The second-order valence-corrected chi connectivity index (χ2v) is 15.2. The summed E-state index contributed by atoms with van der Waals surface area (Å²) < 4.78 is 0. The highest BCUT2D eigenvalue weighted by molar-refractivity contribution is 6.25. The molecule has 1 nitrogen and oxygen atoms in total. The fourth-order valence-electron chi connectivity index (χ4n) is 8.28. The normalized spacial score (nSPS) is 11.0. The van der Waals surface area contributed by atoms with Crippen molar-refractivity contribution in [2.24, 2.45) is 0 Å². The van der Waals surface area contributed by atoms with Crippen LogP contribution in [-0.2, 0) is 0 Å². The molecule has 0 saturated heterocycles. The number of para-hydroxylation sites is 1. The van der Waals surface area contributed by atoms with Gasteiger partial charge in [0, 0.05) is 16.9 Å². The number of rotatable bonds is 6. The number of hydrogen-bond donors (Lipinski definition) is 1. The minimum atomic E-state index is 1.06. The first-order valence-corrected chi connectivity index (χ1v) is 20.1. The lowest BCUT2D eigenvalue weighted by atomic mass is 9.92. The van der Waals surface area contributed by atoms with Crippen LogP contribution >= 0.6 is 0 Å². The smallest absolute Gasteiger partial charge is 0.0463 e. The average molecular weight is 744 g/mol. The monoisotopic (exact) mass is 743 g/mol. The molecule has 0 fully saturated rings. The second kappa shape index (κ2) is 16.1. The Morgan fingerprint density at radius 1 is 0.276 bits per heavy atom. The largest absolute Gasteiger partial charge is 0.355 e. The molecule has 0 heterocycles. The van der Waals surface area contributed by atoms with E-state index in [9.17, 15) is 0 Å². The molecular formula is C57H45N. The maximum atomic E-state index is 3.77. The SMILES string of the molecule is Cc1ccccc1.Cc1ccccc1-c1ccc(-c2cccc(-c3ccccc3Nc3cccc(-c4ccc5c6ccccc6c6ccccc6c5c4)c3)c2)cc1C. The zero-order chi connectivity index (χ0) is 39.4. The van der Waals surface area contributed by atoms with Crippen LogP contribution in [0.4, 0.5) is 11.4 Å². The molecule has 1 N–H and O–H groups in total. The Kier molecular flexibility index (Phi) is 10.1. The molecule has 0 bridgehead atoms. The van der Waals surface area contributed by atoms with Gasteiger partial charge >= 0.3 is 0 Å². The fourth-order valence-corrected chi connectivity index (χ4v) is 8.28. The van der Waals surface area contributed by atoms with Crippen LogP contribution in [0.25, 0.3) is 76.8 Å². The Labute approximate surface area is 341 Å². The van der Waals surface area contributed by atoms with Gasteiger partial charge < -0.3 is 5.32 Å². The van der Waals surface area contributed by atoms with Gasteiger partial charge in [-0.25, -0.2) is 0 Å². The van der Waals surface area contributed by atoms with Crippen LogP contribution in [0.3, 0.4) is 0 Å². The first-order valence-electron chi connectivity index (χ1n) is 20.1. The highest BCUT2D eigenvalue weighted by Gasteiger charge is 2.12. The third kappa shape index (κ3) is 7.39. The van der Waals surface area contributed by atoms with Gasteiger partial charge in [0.2, 0.25) is 0 Å². The quantitative estimate of drug-likeness (QED) is 0.167. The molecule has 0 radical (unpaired) electrons. The predicted octanol–water partition coefficient (Wildman–Crippen LogP) is 16.2. The maximum absolute atomic E-state index is 3.77. The van der Waals surface area contributed by atoms with Crippen molar-refractivity contribution in [2.45, 2.75) is 20.8 Å². The van der Waals surface area contributed by atoms with E-state index in [1.807, 2.05) is 18.2 Å². The molecule has 0 spiro atoms. The second-order valence-electron chi connectivity index (χ2n) is 15.2. The van der Waals surface area contributed by atoms with Crippen LogP contribution in [0.1, 0.15) is 16.7 Å². The molecule has 278 valence electrons. The third-order valence-corrected chi connectivity index (χ3v) is 11.3. The fraction of sp³-hybridized carbons (Fsp3) is 0.0526. The van der Waals surface area contributed by atoms with Crippen LogP contribution in [0.2, 0.25) is 0 Å². The van der Waals surface area contributed by atoms with Gasteiger partial charge in [-0.05, 0) is 133 Å². The first kappa shape index (κ1) is 36.4. The summed E-state index contributed by atoms with van der Waals surface area (Å²) in [5, 5.41) is 11.5. The van der Waals surface area contributed by atoms with Crippen LogP contribution in [0.15, 0.2) is 212 Å². The van der Waals surface area contributed by atoms with Gasteiger partial charge in [-0.2, -0.15) is 0 Å². The Morgan fingerprint density at radius 3 is 1.45 bits per heavy atom. The van der Waals surface area contributed by atoms with Crippen molar-refractivity contribution in [1.29, 1.82) is 0 Å². The third-order valence-electron chi connectivity index (χ3n) is 11.3. The average Bonchev–Trinajstić information content (AvgIpc) is 3.27. The highest BCUT2D eigenvalue weighted by Crippen LogP contribution is 2.39. The van der Waals surface area contributed by atoms with Gasteiger partial charge in [0.05, 0.1) is 0 Å². The molecule has 0 unspecified atom stereocenters. The Bertz CT molecular complexity index is 3030. The van der Waals surface area contributed by atoms with Crippen LogP contribution < -0.4 is 5.32 Å². The summed E-state index contributed by atoms with van der Waals surface area (Å²) in [5.41, 5.74) is 15.8. The van der Waals surface area contributed by atoms with Crippen molar-refractivity contribution in [3.05, 3.63) is 229 Å². The molecule has 0 aliphatic carbocycles. The van der Waals surface area contributed by atoms with Crippen molar-refractivity contribution in [2.75, 3.05) is 5.32 Å². The van der Waals surface area contributed by atoms with Gasteiger partial charge in [0.15, 0.2) is 0 Å². The van der Waals surface area contributed by atoms with Crippen LogP contribution in [0.5, 0.6) is 0 Å². The number of hydrogen-bond acceptors (Lipinski definition) is 1. The molecular weight excluding hydrogens is 699 g/mol. The number of nitrogens with one attached hydrogen (secondary N) is 1. The zero-order valence-electron chi connectivity index (χ0n) is 33.2. The molecule has 0 amide bonds. The minimum absolute atomic E-state index is 1.06. The van der Waals surface area contributed by atoms with Crippen molar-refractivity contribution >= 4 is 43.7 Å². The van der Waals surface area contributed by atoms with E-state index in [0.717, 1.165) is 11.4 Å². The predicted molar refractivity (Wildman–Crippen MR) is 251 cm³/mol. The topological polar surface area (TPSA) is 12.0 Å². The lowest BCUT2D eigenvalue weighted by Gasteiger charge is -2.15. The lowest BCUT2D eigenvalue weighted by molar-refractivity contribution is 1.41. The molecule has 58 heavy (non-hydrogen) atoms. The lowest BCUT2D eigenvalue weighted by Crippen LogP contribution is -1.94. The molecule has 0 aliphatic rings. The van der Waals surface area contributed by atoms with Crippen LogP contribution in [0, 0.1) is 20.8 Å². The zero-order valence-corrected chi connectivity index (χ0v) is 33.2. The van der Waals surface area contributed by atoms with Gasteiger partial charge in [0.1, 0.15) is 0 Å². The minimum Gasteiger partial charge on any atom is -0.355 e. The van der Waals surface area contributed by atoms with E-state index in [1.54, 1.807) is 0 Å². The van der Waals surface area contributed by atoms with E-state index in [-0.39, 0.29) is 0 Å². The van der Waals surface area contributed by atoms with E-state index in [4.69, 9.17) is 0 Å². The number of benzene rings is 10. The molecule has 1 heteroatoms. The molecule has 10 aromatic carbocycles. The summed E-state index contributed by atoms with van der Waals surface area (Å²) in [6, 6.07) is 76.4. The first-order chi connectivity index (χ1) is 28.5. The summed E-state index contributed by atoms with van der Waals surface area (Å²) in [7, 11) is 0. The standard InChI is InChI=1S/C50H37N.C7H8/c1-33-13-3-4-18-41(33)42-27-25-37(29-34(42)2)35-14-11-16-39(30-35)43-19-9-10-24-50(43)51-40-17-12-15-36(31-40)38-26-28-48-46-22-6-5-20-44(46)45-21-7-8-23-47(45)49(48)32-38;1-7-5-3-2-4-6-7/h3-32,51H,1-2H3;2-6H,1H3. The van der Waals surface area contributed by atoms with Crippen LogP contribution in [-0.4, -0.2) is 0 Å². The van der Waals surface area contributed by atoms with E-state index < -0.39 is 0 Å². The molecule has 10 aromatic rings. The summed E-state index contributed by atoms with van der Waals surface area (Å²) in [6.45, 7) is 6.48. The van der Waals surface area contributed by atoms with Gasteiger partial charge in [-0.3, -0.25) is 0 Å². The highest BCUT2D eigenvalue weighted by atomic mass is 14.9. The van der Waals surface area contributed by atoms with Crippen molar-refractivity contribution in [3.8, 4) is 44.5 Å². The maximum Gasteiger partial charge on any atom is 0.0463 e. The summed E-state index contributed by atoms with van der Waals surface area (Å²) in [5.74, 6) is 0. The Morgan fingerprint density at radius 2 is 0.776 bits per heavy atom. The van der Waals surface area contributed by atoms with E-state index >= 15 is 0 Å². The van der Waals surface area contributed by atoms with Gasteiger partial charge in [-0.1, -0.05) is 188 Å². The molecule has 0 atom stereocenters.